The number of benzene rings is 1. The van der Waals surface area contributed by atoms with Crippen LogP contribution in [0.5, 0.6) is 0 Å². The minimum atomic E-state index is 0.0318. The average Bonchev–Trinajstić information content (AvgIpc) is 2.56. The van der Waals surface area contributed by atoms with E-state index in [-0.39, 0.29) is 11.9 Å². The highest BCUT2D eigenvalue weighted by molar-refractivity contribution is 5.73. The van der Waals surface area contributed by atoms with Crippen LogP contribution in [-0.2, 0) is 11.2 Å². The lowest BCUT2D eigenvalue weighted by Gasteiger charge is -2.33. The van der Waals surface area contributed by atoms with Crippen LogP contribution in [0.1, 0.15) is 31.2 Å². The number of carbonyl (C=O) groups is 1. The molecule has 1 aromatic carbocycles. The first kappa shape index (κ1) is 15.5. The third-order valence-corrected chi connectivity index (χ3v) is 4.05. The molecule has 1 fully saturated rings. The Morgan fingerprint density at radius 1 is 1.30 bits per heavy atom. The van der Waals surface area contributed by atoms with Crippen molar-refractivity contribution in [1.82, 2.24) is 15.3 Å². The number of piperidine rings is 1. The maximum atomic E-state index is 11.3. The number of rotatable bonds is 4. The molecule has 5 nitrogen and oxygen atoms in total. The minimum Gasteiger partial charge on any atom is -0.354 e. The van der Waals surface area contributed by atoms with Gasteiger partial charge in [0, 0.05) is 38.7 Å². The number of amides is 1. The van der Waals surface area contributed by atoms with E-state index in [1.54, 1.807) is 6.92 Å². The van der Waals surface area contributed by atoms with Crippen molar-refractivity contribution >= 4 is 11.7 Å². The van der Waals surface area contributed by atoms with E-state index in [2.05, 4.69) is 27.3 Å². The highest BCUT2D eigenvalue weighted by Crippen LogP contribution is 2.18. The summed E-state index contributed by atoms with van der Waals surface area (Å²) in [5.74, 6) is 1.81. The molecule has 2 heterocycles. The molecule has 1 atom stereocenters. The summed E-state index contributed by atoms with van der Waals surface area (Å²) < 4.78 is 0. The first-order chi connectivity index (χ1) is 11.2. The predicted molar refractivity (Wildman–Crippen MR) is 90.3 cm³/mol. The Balaban J connectivity index is 1.70. The molecule has 0 bridgehead atoms. The molecule has 1 aromatic heterocycles. The number of carbonyl (C=O) groups excluding carboxylic acids is 1. The second kappa shape index (κ2) is 7.22. The summed E-state index contributed by atoms with van der Waals surface area (Å²) in [6.45, 7) is 3.35. The second-order valence-corrected chi connectivity index (χ2v) is 5.98. The van der Waals surface area contributed by atoms with Gasteiger partial charge in [0.05, 0.1) is 0 Å². The number of nitrogens with zero attached hydrogens (tertiary/aromatic N) is 3. The van der Waals surface area contributed by atoms with Crippen LogP contribution < -0.4 is 10.2 Å². The first-order valence-corrected chi connectivity index (χ1v) is 8.08. The van der Waals surface area contributed by atoms with Crippen LogP contribution >= 0.6 is 0 Å². The molecule has 1 amide bonds. The Bertz CT molecular complexity index is 659. The van der Waals surface area contributed by atoms with Crippen LogP contribution in [-0.4, -0.2) is 35.0 Å². The molecule has 0 aliphatic carbocycles. The van der Waals surface area contributed by atoms with Gasteiger partial charge >= 0.3 is 0 Å². The van der Waals surface area contributed by atoms with E-state index in [1.165, 1.54) is 5.56 Å². The molecule has 120 valence electrons. The van der Waals surface area contributed by atoms with Crippen molar-refractivity contribution in [2.24, 2.45) is 0 Å². The summed E-state index contributed by atoms with van der Waals surface area (Å²) in [5, 5.41) is 3.01. The second-order valence-electron chi connectivity index (χ2n) is 5.98. The highest BCUT2D eigenvalue weighted by atomic mass is 16.1. The maximum absolute atomic E-state index is 11.3. The van der Waals surface area contributed by atoms with Crippen LogP contribution in [0.3, 0.4) is 0 Å². The van der Waals surface area contributed by atoms with Gasteiger partial charge in [0.2, 0.25) is 5.91 Å². The number of nitrogens with one attached hydrogen (secondary N) is 1. The zero-order valence-electron chi connectivity index (χ0n) is 13.4. The van der Waals surface area contributed by atoms with Crippen LogP contribution in [0.15, 0.2) is 42.6 Å². The van der Waals surface area contributed by atoms with Gasteiger partial charge < -0.3 is 10.2 Å². The van der Waals surface area contributed by atoms with Crippen LogP contribution in [0.25, 0.3) is 0 Å². The molecule has 1 aliphatic heterocycles. The fourth-order valence-corrected chi connectivity index (χ4v) is 3.02. The Kier molecular flexibility index (Phi) is 4.86. The maximum Gasteiger partial charge on any atom is 0.217 e. The molecule has 1 aliphatic rings. The molecule has 0 spiro atoms. The SMILES string of the molecule is CC(=O)NC1CCCN(c2ccnc(Cc3ccccc3)n2)C1. The summed E-state index contributed by atoms with van der Waals surface area (Å²) in [4.78, 5) is 22.6. The van der Waals surface area contributed by atoms with E-state index in [0.717, 1.165) is 44.0 Å². The largest absolute Gasteiger partial charge is 0.354 e. The molecule has 0 radical (unpaired) electrons. The van der Waals surface area contributed by atoms with Crippen molar-refractivity contribution in [3.05, 3.63) is 54.0 Å². The molecular formula is C18H22N4O. The van der Waals surface area contributed by atoms with E-state index >= 15 is 0 Å². The summed E-state index contributed by atoms with van der Waals surface area (Å²) in [7, 11) is 0. The highest BCUT2D eigenvalue weighted by Gasteiger charge is 2.21. The molecular weight excluding hydrogens is 288 g/mol. The summed E-state index contributed by atoms with van der Waals surface area (Å²) >= 11 is 0. The number of aromatic nitrogens is 2. The van der Waals surface area contributed by atoms with Crippen molar-refractivity contribution in [2.75, 3.05) is 18.0 Å². The van der Waals surface area contributed by atoms with Crippen molar-refractivity contribution in [3.63, 3.8) is 0 Å². The molecule has 3 rings (SSSR count). The smallest absolute Gasteiger partial charge is 0.217 e. The van der Waals surface area contributed by atoms with Crippen LogP contribution in [0.4, 0.5) is 5.82 Å². The van der Waals surface area contributed by atoms with Crippen molar-refractivity contribution < 1.29 is 4.79 Å². The summed E-state index contributed by atoms with van der Waals surface area (Å²) in [6, 6.07) is 12.4. The van der Waals surface area contributed by atoms with Crippen molar-refractivity contribution in [3.8, 4) is 0 Å². The molecule has 2 aromatic rings. The molecule has 1 unspecified atom stereocenters. The van der Waals surface area contributed by atoms with Gasteiger partial charge in [0.15, 0.2) is 0 Å². The molecule has 1 N–H and O–H groups in total. The Hall–Kier alpha value is -2.43. The van der Waals surface area contributed by atoms with Gasteiger partial charge in [-0.1, -0.05) is 30.3 Å². The summed E-state index contributed by atoms with van der Waals surface area (Å²) in [5.41, 5.74) is 1.21. The van der Waals surface area contributed by atoms with Crippen LogP contribution in [0, 0.1) is 0 Å². The van der Waals surface area contributed by atoms with Gasteiger partial charge in [-0.3, -0.25) is 4.79 Å². The number of anilines is 1. The fourth-order valence-electron chi connectivity index (χ4n) is 3.02. The topological polar surface area (TPSA) is 58.1 Å². The number of hydrogen-bond donors (Lipinski definition) is 1. The molecule has 0 saturated carbocycles. The monoisotopic (exact) mass is 310 g/mol. The quantitative estimate of drug-likeness (QED) is 0.940. The predicted octanol–water partition coefficient (Wildman–Crippen LogP) is 2.17. The fraction of sp³-hybridized carbons (Fsp3) is 0.389. The third-order valence-electron chi connectivity index (χ3n) is 4.05. The van der Waals surface area contributed by atoms with E-state index < -0.39 is 0 Å². The molecule has 5 heteroatoms. The van der Waals surface area contributed by atoms with E-state index in [0.29, 0.717) is 0 Å². The van der Waals surface area contributed by atoms with Crippen LogP contribution in [0.2, 0.25) is 0 Å². The lowest BCUT2D eigenvalue weighted by atomic mass is 10.1. The lowest BCUT2D eigenvalue weighted by molar-refractivity contribution is -0.119. The Labute approximate surface area is 136 Å². The zero-order valence-corrected chi connectivity index (χ0v) is 13.4. The normalized spacial score (nSPS) is 17.8. The van der Waals surface area contributed by atoms with Gasteiger partial charge in [0.1, 0.15) is 11.6 Å². The van der Waals surface area contributed by atoms with E-state index in [1.807, 2.05) is 30.5 Å². The Morgan fingerprint density at radius 3 is 2.91 bits per heavy atom. The third kappa shape index (κ3) is 4.28. The van der Waals surface area contributed by atoms with Crippen molar-refractivity contribution in [1.29, 1.82) is 0 Å². The number of hydrogen-bond acceptors (Lipinski definition) is 4. The lowest BCUT2D eigenvalue weighted by Crippen LogP contribution is -2.47. The van der Waals surface area contributed by atoms with Gasteiger partial charge in [-0.15, -0.1) is 0 Å². The standard InChI is InChI=1S/C18H22N4O/c1-14(23)20-16-8-5-11-22(13-16)18-9-10-19-17(21-18)12-15-6-3-2-4-7-15/h2-4,6-7,9-10,16H,5,8,11-13H2,1H3,(H,20,23). The van der Waals surface area contributed by atoms with E-state index in [9.17, 15) is 4.79 Å². The van der Waals surface area contributed by atoms with Gasteiger partial charge in [0.25, 0.3) is 0 Å². The minimum absolute atomic E-state index is 0.0318. The van der Waals surface area contributed by atoms with Gasteiger partial charge in [-0.2, -0.15) is 0 Å². The summed E-state index contributed by atoms with van der Waals surface area (Å²) in [6.07, 6.45) is 4.64. The molecule has 1 saturated heterocycles. The van der Waals surface area contributed by atoms with Crippen molar-refractivity contribution in [2.45, 2.75) is 32.2 Å². The van der Waals surface area contributed by atoms with Gasteiger partial charge in [-0.05, 0) is 24.5 Å². The van der Waals surface area contributed by atoms with Gasteiger partial charge in [-0.25, -0.2) is 9.97 Å². The molecule has 23 heavy (non-hydrogen) atoms. The average molecular weight is 310 g/mol. The first-order valence-electron chi connectivity index (χ1n) is 8.08. The zero-order chi connectivity index (χ0) is 16.1. The van der Waals surface area contributed by atoms with E-state index in [4.69, 9.17) is 4.98 Å². The Morgan fingerprint density at radius 2 is 2.13 bits per heavy atom.